The number of carbonyl (C=O) groups excluding carboxylic acids is 4. The minimum atomic E-state index is -1.44. The first kappa shape index (κ1) is 25.6. The average molecular weight is 542 g/mol. The van der Waals surface area contributed by atoms with E-state index in [0.29, 0.717) is 76.6 Å². The number of rotatable bonds is 3. The third-order valence-corrected chi connectivity index (χ3v) is 7.45. The van der Waals surface area contributed by atoms with Crippen LogP contribution in [0.4, 0.5) is 11.4 Å². The summed E-state index contributed by atoms with van der Waals surface area (Å²) in [4.78, 5) is 51.9. The summed E-state index contributed by atoms with van der Waals surface area (Å²) in [7, 11) is 0. The third kappa shape index (κ3) is 4.17. The van der Waals surface area contributed by atoms with Crippen LogP contribution in [-0.2, 0) is 19.9 Å². The number of anilines is 2. The van der Waals surface area contributed by atoms with Crippen molar-refractivity contribution in [2.75, 3.05) is 23.7 Å². The maximum absolute atomic E-state index is 13.5. The third-order valence-electron chi connectivity index (χ3n) is 7.45. The number of piperidine rings is 1. The Kier molecular flexibility index (Phi) is 6.07. The molecule has 0 saturated carbocycles. The zero-order chi connectivity index (χ0) is 28.2. The quantitative estimate of drug-likeness (QED) is 0.430. The Morgan fingerprint density at radius 3 is 1.98 bits per heavy atom. The highest BCUT2D eigenvalue weighted by Gasteiger charge is 2.54. The Bertz CT molecular complexity index is 1520. The molecule has 10 nitrogen and oxygen atoms in total. The van der Waals surface area contributed by atoms with Gasteiger partial charge in [0.2, 0.25) is 11.8 Å². The zero-order valence-corrected chi connectivity index (χ0v) is 21.9. The molecular weight excluding hydrogens is 514 g/mol. The van der Waals surface area contributed by atoms with Gasteiger partial charge in [-0.2, -0.15) is 0 Å². The summed E-state index contributed by atoms with van der Waals surface area (Å²) >= 11 is 0. The first-order valence-corrected chi connectivity index (χ1v) is 13.0. The second-order valence-electron chi connectivity index (χ2n) is 10.2. The van der Waals surface area contributed by atoms with Gasteiger partial charge in [0, 0.05) is 72.7 Å². The molecule has 6 rings (SSSR count). The van der Waals surface area contributed by atoms with Crippen LogP contribution in [0.1, 0.15) is 64.1 Å². The summed E-state index contributed by atoms with van der Waals surface area (Å²) < 4.78 is 12.4. The lowest BCUT2D eigenvalue weighted by molar-refractivity contribution is -0.115. The first-order chi connectivity index (χ1) is 19.2. The van der Waals surface area contributed by atoms with Gasteiger partial charge < -0.3 is 30.1 Å². The summed E-state index contributed by atoms with van der Waals surface area (Å²) in [6.07, 6.45) is 0.597. The normalized spacial score (nSPS) is 16.8. The van der Waals surface area contributed by atoms with E-state index in [1.165, 1.54) is 13.8 Å². The van der Waals surface area contributed by atoms with E-state index in [0.717, 1.165) is 0 Å². The number of ether oxygens (including phenoxy) is 2. The smallest absolute Gasteiger partial charge is 0.340 e. The minimum absolute atomic E-state index is 0.196. The van der Waals surface area contributed by atoms with E-state index >= 15 is 0 Å². The molecule has 3 N–H and O–H groups in total. The van der Waals surface area contributed by atoms with Crippen molar-refractivity contribution < 1.29 is 33.8 Å². The van der Waals surface area contributed by atoms with Crippen LogP contribution in [0.15, 0.2) is 54.6 Å². The summed E-state index contributed by atoms with van der Waals surface area (Å²) in [5.74, 6) is -0.568. The Morgan fingerprint density at radius 1 is 0.850 bits per heavy atom. The molecule has 1 saturated heterocycles. The van der Waals surface area contributed by atoms with Crippen molar-refractivity contribution in [2.24, 2.45) is 0 Å². The number of hydrogen-bond donors (Lipinski definition) is 3. The lowest BCUT2D eigenvalue weighted by Gasteiger charge is -2.37. The Morgan fingerprint density at radius 2 is 1.43 bits per heavy atom. The molecule has 0 radical (unpaired) electrons. The number of fused-ring (bicyclic) bond motifs is 6. The molecule has 0 atom stereocenters. The van der Waals surface area contributed by atoms with Gasteiger partial charge in [0.15, 0.2) is 5.60 Å². The van der Waals surface area contributed by atoms with Gasteiger partial charge in [-0.05, 0) is 55.3 Å². The molecular formula is C30H27N3O7. The highest BCUT2D eigenvalue weighted by atomic mass is 16.6. The Hall–Kier alpha value is -4.70. The summed E-state index contributed by atoms with van der Waals surface area (Å²) in [5.41, 5.74) is 1.80. The van der Waals surface area contributed by atoms with Gasteiger partial charge in [0.1, 0.15) is 11.5 Å². The Labute approximate surface area is 229 Å². The fourth-order valence-corrected chi connectivity index (χ4v) is 5.67. The highest BCUT2D eigenvalue weighted by molar-refractivity contribution is 6.01. The maximum atomic E-state index is 13.5. The lowest BCUT2D eigenvalue weighted by Crippen LogP contribution is -2.40. The number of carbonyl (C=O) groups is 4. The fourth-order valence-electron chi connectivity index (χ4n) is 5.67. The van der Waals surface area contributed by atoms with Crippen LogP contribution in [0.2, 0.25) is 0 Å². The van der Waals surface area contributed by atoms with Crippen LogP contribution in [-0.4, -0.2) is 52.9 Å². The SMILES string of the molecule is CC(=O)Nc1ccc2c(c1)Oc1cc(NC(C)=O)ccc1C21OC(=O)c2ccc(C(=O)N3CCC(O)CC3)cc21. The second-order valence-corrected chi connectivity index (χ2v) is 10.2. The van der Waals surface area contributed by atoms with Gasteiger partial charge in [-0.25, -0.2) is 4.79 Å². The van der Waals surface area contributed by atoms with Crippen molar-refractivity contribution in [3.05, 3.63) is 82.4 Å². The molecule has 1 spiro atoms. The van der Waals surface area contributed by atoms with E-state index in [4.69, 9.17) is 9.47 Å². The van der Waals surface area contributed by atoms with Gasteiger partial charge >= 0.3 is 5.97 Å². The van der Waals surface area contributed by atoms with Crippen LogP contribution >= 0.6 is 0 Å². The summed E-state index contributed by atoms with van der Waals surface area (Å²) in [5, 5.41) is 15.3. The van der Waals surface area contributed by atoms with E-state index in [1.807, 2.05) is 0 Å². The topological polar surface area (TPSA) is 134 Å². The van der Waals surface area contributed by atoms with Gasteiger partial charge in [0.25, 0.3) is 5.91 Å². The molecule has 3 amide bonds. The molecule has 3 aliphatic heterocycles. The van der Waals surface area contributed by atoms with Crippen molar-refractivity contribution in [3.8, 4) is 11.5 Å². The molecule has 0 unspecified atom stereocenters. The van der Waals surface area contributed by atoms with Crippen LogP contribution in [0, 0.1) is 0 Å². The van der Waals surface area contributed by atoms with Gasteiger partial charge in [-0.15, -0.1) is 0 Å². The fraction of sp³-hybridized carbons (Fsp3) is 0.267. The molecule has 40 heavy (non-hydrogen) atoms. The molecule has 0 bridgehead atoms. The van der Waals surface area contributed by atoms with E-state index in [9.17, 15) is 24.3 Å². The summed E-state index contributed by atoms with van der Waals surface area (Å²) in [6, 6.07) is 15.1. The number of esters is 1. The minimum Gasteiger partial charge on any atom is -0.456 e. The predicted octanol–water partition coefficient (Wildman–Crippen LogP) is 3.77. The van der Waals surface area contributed by atoms with Gasteiger partial charge in [-0.3, -0.25) is 14.4 Å². The first-order valence-electron chi connectivity index (χ1n) is 13.0. The number of benzene rings is 3. The predicted molar refractivity (Wildman–Crippen MR) is 144 cm³/mol. The standard InChI is InChI=1S/C30H27N3O7/c1-16(34)31-19-4-7-23-26(14-19)39-27-15-20(32-17(2)35)5-8-24(27)30(23)25-13-18(3-6-22(25)29(38)40-30)28(37)33-11-9-21(36)10-12-33/h3-8,13-15,21,36H,9-12H2,1-2H3,(H,31,34)(H,32,35). The lowest BCUT2D eigenvalue weighted by atomic mass is 9.77. The van der Waals surface area contributed by atoms with Gasteiger partial charge in [0.05, 0.1) is 11.7 Å². The molecule has 3 heterocycles. The molecule has 204 valence electrons. The van der Waals surface area contributed by atoms with E-state index in [2.05, 4.69) is 10.6 Å². The molecule has 3 aromatic rings. The maximum Gasteiger partial charge on any atom is 0.340 e. The highest BCUT2D eigenvalue weighted by Crippen LogP contribution is 2.57. The number of aliphatic hydroxyl groups is 1. The average Bonchev–Trinajstić information content (AvgIpc) is 3.20. The number of hydrogen-bond acceptors (Lipinski definition) is 7. The number of nitrogens with one attached hydrogen (secondary N) is 2. The largest absolute Gasteiger partial charge is 0.456 e. The van der Waals surface area contributed by atoms with Crippen LogP contribution in [0.5, 0.6) is 11.5 Å². The number of nitrogens with zero attached hydrogens (tertiary/aromatic N) is 1. The monoisotopic (exact) mass is 541 g/mol. The van der Waals surface area contributed by atoms with Crippen LogP contribution in [0.25, 0.3) is 0 Å². The molecule has 10 heteroatoms. The van der Waals surface area contributed by atoms with E-state index in [-0.39, 0.29) is 17.7 Å². The van der Waals surface area contributed by atoms with Gasteiger partial charge in [-0.1, -0.05) is 0 Å². The number of aliphatic hydroxyl groups excluding tert-OH is 1. The van der Waals surface area contributed by atoms with Crippen molar-refractivity contribution in [3.63, 3.8) is 0 Å². The van der Waals surface area contributed by atoms with Crippen molar-refractivity contribution in [1.29, 1.82) is 0 Å². The van der Waals surface area contributed by atoms with Crippen LogP contribution < -0.4 is 15.4 Å². The number of amides is 3. The van der Waals surface area contributed by atoms with E-state index in [1.54, 1.807) is 59.5 Å². The molecule has 0 aromatic heterocycles. The second kappa shape index (κ2) is 9.49. The van der Waals surface area contributed by atoms with Crippen molar-refractivity contribution >= 4 is 35.1 Å². The summed E-state index contributed by atoms with van der Waals surface area (Å²) in [6.45, 7) is 3.67. The van der Waals surface area contributed by atoms with Crippen LogP contribution in [0.3, 0.4) is 0 Å². The zero-order valence-electron chi connectivity index (χ0n) is 21.9. The molecule has 0 aliphatic carbocycles. The van der Waals surface area contributed by atoms with Crippen molar-refractivity contribution in [1.82, 2.24) is 4.90 Å². The molecule has 3 aromatic carbocycles. The number of likely N-dealkylation sites (tertiary alicyclic amines) is 1. The van der Waals surface area contributed by atoms with E-state index < -0.39 is 17.7 Å². The molecule has 3 aliphatic rings. The molecule has 1 fully saturated rings. The van der Waals surface area contributed by atoms with Crippen molar-refractivity contribution in [2.45, 2.75) is 38.4 Å². The Balaban J connectivity index is 1.52.